The summed E-state index contributed by atoms with van der Waals surface area (Å²) < 4.78 is 13.2. The van der Waals surface area contributed by atoms with Gasteiger partial charge < -0.3 is 14.1 Å². The number of carbonyl (C=O) groups excluding carboxylic acids is 1. The van der Waals surface area contributed by atoms with Gasteiger partial charge in [-0.05, 0) is 56.9 Å². The third kappa shape index (κ3) is 4.10. The van der Waals surface area contributed by atoms with Crippen LogP contribution in [0.25, 0.3) is 0 Å². The van der Waals surface area contributed by atoms with Gasteiger partial charge >= 0.3 is 0 Å². The zero-order chi connectivity index (χ0) is 21.1. The summed E-state index contributed by atoms with van der Waals surface area (Å²) in [4.78, 5) is 19.7. The second kappa shape index (κ2) is 8.73. The zero-order valence-corrected chi connectivity index (χ0v) is 17.7. The van der Waals surface area contributed by atoms with Crippen molar-refractivity contribution in [2.45, 2.75) is 51.6 Å². The van der Waals surface area contributed by atoms with Crippen molar-refractivity contribution in [2.24, 2.45) is 0 Å². The summed E-state index contributed by atoms with van der Waals surface area (Å²) in [5.74, 6) is 2.19. The number of likely N-dealkylation sites (tertiary alicyclic amines) is 1. The number of hydrogen-bond donors (Lipinski definition) is 0. The van der Waals surface area contributed by atoms with Crippen molar-refractivity contribution in [3.05, 3.63) is 65.6 Å². The van der Waals surface area contributed by atoms with E-state index in [1.54, 1.807) is 30.3 Å². The van der Waals surface area contributed by atoms with E-state index in [9.17, 15) is 4.79 Å². The first-order valence-corrected chi connectivity index (χ1v) is 10.5. The Kier molecular flexibility index (Phi) is 5.88. The van der Waals surface area contributed by atoms with Gasteiger partial charge in [-0.2, -0.15) is 5.10 Å². The molecule has 2 aromatic heterocycles. The highest BCUT2D eigenvalue weighted by molar-refractivity contribution is 5.92. The molecule has 3 aromatic rings. The molecule has 0 saturated carbocycles. The standard InChI is InChI=1S/C23H28N4O3/c1-16(2)27-21(10-11-25-27)23(28)26-12-5-4-9-20(26)22-24-15-19(30-22)14-17-7-6-8-18(13-17)29-3/h6-8,10-11,13,15-16,20H,4-5,9,12,14H2,1-3H3/t20-/m1/s1. The minimum absolute atomic E-state index is 0.0153. The number of amides is 1. The maximum atomic E-state index is 13.3. The van der Waals surface area contributed by atoms with Crippen LogP contribution in [0.5, 0.6) is 5.75 Å². The predicted molar refractivity (Wildman–Crippen MR) is 113 cm³/mol. The van der Waals surface area contributed by atoms with Gasteiger partial charge in [-0.15, -0.1) is 0 Å². The minimum Gasteiger partial charge on any atom is -0.497 e. The van der Waals surface area contributed by atoms with Crippen LogP contribution in [0.1, 0.15) is 72.9 Å². The lowest BCUT2D eigenvalue weighted by atomic mass is 10.0. The number of methoxy groups -OCH3 is 1. The first-order chi connectivity index (χ1) is 14.6. The molecule has 0 bridgehead atoms. The highest BCUT2D eigenvalue weighted by atomic mass is 16.5. The molecule has 3 heterocycles. The molecule has 0 unspecified atom stereocenters. The molecule has 1 aliphatic rings. The quantitative estimate of drug-likeness (QED) is 0.604. The first kappa shape index (κ1) is 20.2. The maximum absolute atomic E-state index is 13.3. The fraction of sp³-hybridized carbons (Fsp3) is 0.435. The number of benzene rings is 1. The molecule has 1 amide bonds. The molecule has 0 radical (unpaired) electrons. The van der Waals surface area contributed by atoms with Crippen molar-refractivity contribution in [3.8, 4) is 5.75 Å². The van der Waals surface area contributed by atoms with Crippen LogP contribution in [0.3, 0.4) is 0 Å². The largest absolute Gasteiger partial charge is 0.497 e. The summed E-state index contributed by atoms with van der Waals surface area (Å²) in [6.07, 6.45) is 6.96. The molecule has 1 aliphatic heterocycles. The van der Waals surface area contributed by atoms with Gasteiger partial charge in [0.05, 0.1) is 13.3 Å². The van der Waals surface area contributed by atoms with E-state index in [2.05, 4.69) is 10.1 Å². The average Bonchev–Trinajstić information content (AvgIpc) is 3.43. The van der Waals surface area contributed by atoms with Gasteiger partial charge in [-0.1, -0.05) is 12.1 Å². The SMILES string of the molecule is COc1cccc(Cc2cnc([C@H]3CCCCN3C(=O)c3ccnn3C(C)C)o2)c1. The number of hydrogen-bond acceptors (Lipinski definition) is 5. The molecule has 158 valence electrons. The van der Waals surface area contributed by atoms with Crippen LogP contribution in [0.2, 0.25) is 0 Å². The number of rotatable bonds is 6. The number of carbonyl (C=O) groups is 1. The molecule has 30 heavy (non-hydrogen) atoms. The van der Waals surface area contributed by atoms with E-state index >= 15 is 0 Å². The van der Waals surface area contributed by atoms with Crippen molar-refractivity contribution in [1.29, 1.82) is 0 Å². The lowest BCUT2D eigenvalue weighted by molar-refractivity contribution is 0.0555. The average molecular weight is 409 g/mol. The molecular formula is C23H28N4O3. The molecule has 1 aromatic carbocycles. The molecule has 1 fully saturated rings. The Balaban J connectivity index is 1.54. The lowest BCUT2D eigenvalue weighted by Crippen LogP contribution is -2.39. The van der Waals surface area contributed by atoms with E-state index in [1.165, 1.54) is 0 Å². The molecule has 4 rings (SSSR count). The first-order valence-electron chi connectivity index (χ1n) is 10.5. The van der Waals surface area contributed by atoms with Gasteiger partial charge in [0.2, 0.25) is 5.89 Å². The van der Waals surface area contributed by atoms with Crippen LogP contribution in [-0.4, -0.2) is 39.2 Å². The van der Waals surface area contributed by atoms with E-state index < -0.39 is 0 Å². The van der Waals surface area contributed by atoms with Crippen molar-refractivity contribution in [1.82, 2.24) is 19.7 Å². The monoisotopic (exact) mass is 408 g/mol. The summed E-state index contributed by atoms with van der Waals surface area (Å²) in [6, 6.07) is 9.67. The summed E-state index contributed by atoms with van der Waals surface area (Å²) in [5, 5.41) is 4.31. The molecule has 1 saturated heterocycles. The highest BCUT2D eigenvalue weighted by Crippen LogP contribution is 2.32. The van der Waals surface area contributed by atoms with E-state index in [-0.39, 0.29) is 18.0 Å². The normalized spacial score (nSPS) is 16.8. The third-order valence-electron chi connectivity index (χ3n) is 5.51. The van der Waals surface area contributed by atoms with Crippen LogP contribution in [0.4, 0.5) is 0 Å². The summed E-state index contributed by atoms with van der Waals surface area (Å²) >= 11 is 0. The van der Waals surface area contributed by atoms with E-state index in [4.69, 9.17) is 9.15 Å². The van der Waals surface area contributed by atoms with Gasteiger partial charge in [0, 0.05) is 25.2 Å². The molecule has 0 aliphatic carbocycles. The van der Waals surface area contributed by atoms with Gasteiger partial charge in [-0.25, -0.2) is 4.98 Å². The zero-order valence-electron chi connectivity index (χ0n) is 17.7. The fourth-order valence-electron chi connectivity index (χ4n) is 4.02. The van der Waals surface area contributed by atoms with E-state index in [0.717, 1.165) is 36.3 Å². The summed E-state index contributed by atoms with van der Waals surface area (Å²) in [7, 11) is 1.66. The highest BCUT2D eigenvalue weighted by Gasteiger charge is 2.33. The Morgan fingerprint density at radius 3 is 2.97 bits per heavy atom. The van der Waals surface area contributed by atoms with Gasteiger partial charge in [-0.3, -0.25) is 9.48 Å². The molecule has 1 atom stereocenters. The van der Waals surface area contributed by atoms with Crippen molar-refractivity contribution < 1.29 is 13.9 Å². The van der Waals surface area contributed by atoms with Crippen LogP contribution in [-0.2, 0) is 6.42 Å². The maximum Gasteiger partial charge on any atom is 0.272 e. The molecule has 0 N–H and O–H groups in total. The third-order valence-corrected chi connectivity index (χ3v) is 5.51. The van der Waals surface area contributed by atoms with Gasteiger partial charge in [0.1, 0.15) is 23.2 Å². The Labute approximate surface area is 176 Å². The van der Waals surface area contributed by atoms with Crippen molar-refractivity contribution in [3.63, 3.8) is 0 Å². The van der Waals surface area contributed by atoms with Crippen LogP contribution >= 0.6 is 0 Å². The second-order valence-corrected chi connectivity index (χ2v) is 7.96. The fourth-order valence-corrected chi connectivity index (χ4v) is 4.02. The minimum atomic E-state index is -0.152. The molecule has 7 heteroatoms. The lowest BCUT2D eigenvalue weighted by Gasteiger charge is -2.34. The summed E-state index contributed by atoms with van der Waals surface area (Å²) in [6.45, 7) is 4.74. The molecular weight excluding hydrogens is 380 g/mol. The Morgan fingerprint density at radius 1 is 1.30 bits per heavy atom. The van der Waals surface area contributed by atoms with Crippen molar-refractivity contribution in [2.75, 3.05) is 13.7 Å². The number of piperidine rings is 1. The van der Waals surface area contributed by atoms with Gasteiger partial charge in [0.25, 0.3) is 5.91 Å². The second-order valence-electron chi connectivity index (χ2n) is 7.96. The predicted octanol–water partition coefficient (Wildman–Crippen LogP) is 4.42. The number of aromatic nitrogens is 3. The van der Waals surface area contributed by atoms with Crippen LogP contribution in [0.15, 0.2) is 47.1 Å². The summed E-state index contributed by atoms with van der Waals surface area (Å²) in [5.41, 5.74) is 1.70. The number of oxazole rings is 1. The Morgan fingerprint density at radius 2 is 2.17 bits per heavy atom. The topological polar surface area (TPSA) is 73.4 Å². The van der Waals surface area contributed by atoms with Gasteiger partial charge in [0.15, 0.2) is 0 Å². The number of ether oxygens (including phenoxy) is 1. The Bertz CT molecular complexity index is 1010. The van der Waals surface area contributed by atoms with E-state index in [1.807, 2.05) is 43.0 Å². The van der Waals surface area contributed by atoms with Crippen LogP contribution < -0.4 is 4.74 Å². The Hall–Kier alpha value is -3.09. The van der Waals surface area contributed by atoms with Crippen LogP contribution in [0, 0.1) is 0 Å². The van der Waals surface area contributed by atoms with E-state index in [0.29, 0.717) is 24.6 Å². The van der Waals surface area contributed by atoms with Crippen molar-refractivity contribution >= 4 is 5.91 Å². The molecule has 7 nitrogen and oxygen atoms in total. The number of nitrogens with zero attached hydrogens (tertiary/aromatic N) is 4. The molecule has 0 spiro atoms. The smallest absolute Gasteiger partial charge is 0.272 e.